The lowest BCUT2D eigenvalue weighted by molar-refractivity contribution is -0.0603. The molecule has 49 heavy (non-hydrogen) atoms. The molecule has 0 amide bonds. The number of hydrogen-bond acceptors (Lipinski definition) is 16. The van der Waals surface area contributed by atoms with Crippen molar-refractivity contribution >= 4 is 60.4 Å². The summed E-state index contributed by atoms with van der Waals surface area (Å²) in [6.07, 6.45) is 1.90. The van der Waals surface area contributed by atoms with Crippen LogP contribution in [0.3, 0.4) is 0 Å². The molecule has 0 bridgehead atoms. The fraction of sp³-hybridized carbons (Fsp3) is 0.538. The lowest BCUT2D eigenvalue weighted by atomic mass is 9.91. The predicted octanol–water partition coefficient (Wildman–Crippen LogP) is -0.342. The van der Waals surface area contributed by atoms with Crippen molar-refractivity contribution in [3.05, 3.63) is 42.0 Å². The van der Waals surface area contributed by atoms with E-state index in [4.69, 9.17) is 41.4 Å². The minimum atomic E-state index is -4.99. The molecule has 2 unspecified atom stereocenters. The molecule has 23 heteroatoms. The van der Waals surface area contributed by atoms with Crippen molar-refractivity contribution in [2.75, 3.05) is 24.7 Å². The molecule has 4 aliphatic carbocycles. The maximum atomic E-state index is 13.8. The summed E-state index contributed by atoms with van der Waals surface area (Å²) in [6.45, 7) is -1.10. The number of imidazole rings is 2. The number of anilines is 2. The van der Waals surface area contributed by atoms with E-state index in [1.807, 2.05) is 0 Å². The highest BCUT2D eigenvalue weighted by atomic mass is 32.5. The summed E-state index contributed by atoms with van der Waals surface area (Å²) in [4.78, 5) is 58.3. The first-order chi connectivity index (χ1) is 23.2. The van der Waals surface area contributed by atoms with Crippen LogP contribution in [0.15, 0.2) is 36.4 Å². The van der Waals surface area contributed by atoms with Gasteiger partial charge in [0.1, 0.15) is 35.8 Å². The van der Waals surface area contributed by atoms with Crippen LogP contribution in [0, 0.1) is 22.7 Å². The first kappa shape index (κ1) is 31.8. The lowest BCUT2D eigenvalue weighted by Gasteiger charge is -2.36. The smallest absolute Gasteiger partial charge is 0.388 e. The van der Waals surface area contributed by atoms with Crippen LogP contribution < -0.4 is 17.0 Å². The van der Waals surface area contributed by atoms with Crippen molar-refractivity contribution in [2.45, 2.75) is 48.8 Å². The number of fused-ring (bicyclic) bond motifs is 3. The first-order valence-electron chi connectivity index (χ1n) is 15.2. The van der Waals surface area contributed by atoms with Crippen LogP contribution in [-0.4, -0.2) is 96.2 Å². The summed E-state index contributed by atoms with van der Waals surface area (Å²) in [5.41, 5.74) is 7.66. The molecule has 5 fully saturated rings. The SMILES string of the molecule is C=C[C@@]12COP(O)(=S)O[C@H]3[C@@H](O)[C@H](n4cnc5c(N)ncnc54)[C@H]4C[C@]43COP(=O)(O)O[C@]13[C@@H](O)[C@H](n1cnc4c(=O)[nH]c(N)nc41)C[C@@H]32. The van der Waals surface area contributed by atoms with Gasteiger partial charge in [0.15, 0.2) is 22.6 Å². The molecule has 12 atom stereocenters. The predicted molar refractivity (Wildman–Crippen MR) is 171 cm³/mol. The molecule has 1 saturated heterocycles. The summed E-state index contributed by atoms with van der Waals surface area (Å²) >= 11 is 5.45. The zero-order valence-electron chi connectivity index (χ0n) is 25.2. The summed E-state index contributed by atoms with van der Waals surface area (Å²) in [7, 11) is -4.99. The van der Waals surface area contributed by atoms with Crippen molar-refractivity contribution in [2.24, 2.45) is 22.7 Å². The molecule has 1 aliphatic heterocycles. The number of nitrogens with zero attached hydrogens (tertiary/aromatic N) is 7. The number of hydrogen-bond donors (Lipinski definition) is 7. The molecule has 2 spiro atoms. The van der Waals surface area contributed by atoms with Gasteiger partial charge in [-0.25, -0.2) is 24.5 Å². The van der Waals surface area contributed by atoms with Crippen molar-refractivity contribution in [3.63, 3.8) is 0 Å². The van der Waals surface area contributed by atoms with Crippen LogP contribution in [0.1, 0.15) is 24.9 Å². The second kappa shape index (κ2) is 9.98. The van der Waals surface area contributed by atoms with Gasteiger partial charge < -0.3 is 49.6 Å². The van der Waals surface area contributed by atoms with Gasteiger partial charge in [-0.05, 0) is 30.6 Å². The Morgan fingerprint density at radius 2 is 1.84 bits per heavy atom. The highest BCUT2D eigenvalue weighted by Gasteiger charge is 2.86. The van der Waals surface area contributed by atoms with E-state index in [0.29, 0.717) is 17.6 Å². The van der Waals surface area contributed by atoms with Gasteiger partial charge in [0.2, 0.25) is 5.95 Å². The monoisotopic (exact) mass is 736 g/mol. The van der Waals surface area contributed by atoms with E-state index < -0.39 is 92.0 Å². The third-order valence-electron chi connectivity index (χ3n) is 11.2. The Balaban J connectivity index is 1.07. The molecule has 20 nitrogen and oxygen atoms in total. The molecular weight excluding hydrogens is 706 g/mol. The average Bonchev–Trinajstić information content (AvgIpc) is 3.49. The van der Waals surface area contributed by atoms with Crippen LogP contribution in [0.25, 0.3) is 22.3 Å². The highest BCUT2D eigenvalue weighted by Crippen LogP contribution is 2.80. The third kappa shape index (κ3) is 4.14. The Kier molecular flexibility index (Phi) is 6.47. The molecule has 4 aromatic rings. The number of aromatic amines is 1. The molecule has 4 aromatic heterocycles. The topological polar surface area (TPSA) is 294 Å². The summed E-state index contributed by atoms with van der Waals surface area (Å²) in [5.74, 6) is -1.14. The Hall–Kier alpha value is -3.20. The van der Waals surface area contributed by atoms with Crippen molar-refractivity contribution in [1.29, 1.82) is 0 Å². The minimum Gasteiger partial charge on any atom is -0.388 e. The number of nitrogen functional groups attached to an aromatic ring is 2. The summed E-state index contributed by atoms with van der Waals surface area (Å²) in [5, 5.41) is 23.6. The summed E-state index contributed by atoms with van der Waals surface area (Å²) < 4.78 is 40.5. The number of aromatic nitrogens is 8. The first-order valence-corrected chi connectivity index (χ1v) is 19.3. The standard InChI is InChI=1S/C26H30N10O10P2S/c1-2-25-6-44-48(42,49)45-18-16(37)15(36-9-31-13-19(27)29-7-30-20(13)36)10-4-24(10,18)5-43-47(40,41)46-26(25)12(25)3-11(17(26)38)35-8-32-14-21(35)33-23(28)34-22(14)39/h2,7-12,15-18,37-38H,1,3-6H2,(H,40,41)(H,42,49)(H2,27,29,30)(H3,28,33,34,39)/t10-,11-,12-,15-,16+,17+,18+,24+,25+,26-,48?/m1/s1. The van der Waals surface area contributed by atoms with Crippen LogP contribution in [0.5, 0.6) is 0 Å². The average molecular weight is 737 g/mol. The number of phosphoric acid groups is 1. The molecule has 9 N–H and O–H groups in total. The molecule has 4 saturated carbocycles. The lowest BCUT2D eigenvalue weighted by Crippen LogP contribution is -2.42. The van der Waals surface area contributed by atoms with Crippen molar-refractivity contribution < 1.29 is 42.7 Å². The number of phosphoric ester groups is 1. The van der Waals surface area contributed by atoms with Gasteiger partial charge in [0.05, 0.1) is 43.4 Å². The van der Waals surface area contributed by atoms with Crippen molar-refractivity contribution in [1.82, 2.24) is 39.0 Å². The van der Waals surface area contributed by atoms with Gasteiger partial charge in [-0.15, -0.1) is 6.58 Å². The van der Waals surface area contributed by atoms with Crippen molar-refractivity contribution in [3.8, 4) is 0 Å². The molecule has 5 aliphatic rings. The maximum Gasteiger partial charge on any atom is 0.472 e. The largest absolute Gasteiger partial charge is 0.472 e. The van der Waals surface area contributed by atoms with E-state index in [2.05, 4.69) is 36.5 Å². The second-order valence-electron chi connectivity index (χ2n) is 13.3. The molecule has 0 radical (unpaired) electrons. The zero-order valence-corrected chi connectivity index (χ0v) is 27.8. The molecule has 0 aromatic carbocycles. The van der Waals surface area contributed by atoms with Gasteiger partial charge in [-0.1, -0.05) is 6.08 Å². The van der Waals surface area contributed by atoms with E-state index >= 15 is 0 Å². The van der Waals surface area contributed by atoms with Gasteiger partial charge in [0, 0.05) is 11.3 Å². The molecule has 260 valence electrons. The molecule has 5 heterocycles. The van der Waals surface area contributed by atoms with E-state index in [-0.39, 0.29) is 29.4 Å². The number of H-pyrrole nitrogens is 1. The quantitative estimate of drug-likeness (QED) is 0.105. The minimum absolute atomic E-state index is 0.0175. The van der Waals surface area contributed by atoms with E-state index in [0.717, 1.165) is 0 Å². The van der Waals surface area contributed by atoms with Crippen LogP contribution in [0.2, 0.25) is 0 Å². The number of aliphatic hydroxyl groups is 2. The Morgan fingerprint density at radius 1 is 1.08 bits per heavy atom. The summed E-state index contributed by atoms with van der Waals surface area (Å²) in [6, 6.07) is -1.57. The maximum absolute atomic E-state index is 13.8. The van der Waals surface area contributed by atoms with Gasteiger partial charge >= 0.3 is 14.5 Å². The van der Waals surface area contributed by atoms with E-state index in [9.17, 15) is 29.4 Å². The fourth-order valence-corrected chi connectivity index (χ4v) is 11.7. The number of nitrogens with one attached hydrogen (secondary N) is 1. The van der Waals surface area contributed by atoms with Gasteiger partial charge in [-0.2, -0.15) is 4.98 Å². The van der Waals surface area contributed by atoms with Crippen LogP contribution in [0.4, 0.5) is 11.8 Å². The second-order valence-corrected chi connectivity index (χ2v) is 17.5. The van der Waals surface area contributed by atoms with E-state index in [1.54, 1.807) is 4.57 Å². The van der Waals surface area contributed by atoms with Crippen LogP contribution in [-0.2, 0) is 34.5 Å². The number of nitrogens with two attached hydrogens (primary N) is 2. The fourth-order valence-electron chi connectivity index (χ4n) is 8.93. The highest BCUT2D eigenvalue weighted by molar-refractivity contribution is 8.07. The number of aliphatic hydroxyl groups excluding tert-OH is 2. The number of rotatable bonds is 3. The Morgan fingerprint density at radius 3 is 2.61 bits per heavy atom. The third-order valence-corrected chi connectivity index (χ3v) is 13.8. The van der Waals surface area contributed by atoms with Gasteiger partial charge in [0.25, 0.3) is 5.56 Å². The normalized spacial score (nSPS) is 44.4. The molecule has 9 rings (SSSR count). The van der Waals surface area contributed by atoms with Crippen LogP contribution >= 0.6 is 14.5 Å². The zero-order chi connectivity index (χ0) is 34.5. The Bertz CT molecular complexity index is 2250. The molecular formula is C26H30N10O10P2S. The Labute approximate surface area is 280 Å². The van der Waals surface area contributed by atoms with E-state index in [1.165, 1.54) is 29.6 Å². The van der Waals surface area contributed by atoms with Gasteiger partial charge in [-0.3, -0.25) is 18.8 Å².